The molecule has 3 aromatic heterocycles. The largest absolute Gasteiger partial charge is 0.424 e. The van der Waals surface area contributed by atoms with Crippen LogP contribution in [0.15, 0.2) is 53.3 Å². The van der Waals surface area contributed by atoms with Crippen LogP contribution in [0.4, 0.5) is 0 Å². The Balaban J connectivity index is 1.71. The molecule has 0 unspecified atom stereocenters. The molecule has 1 aliphatic carbocycles. The quantitative estimate of drug-likeness (QED) is 0.276. The highest BCUT2D eigenvalue weighted by molar-refractivity contribution is 7.19. The fourth-order valence-corrected chi connectivity index (χ4v) is 6.22. The van der Waals surface area contributed by atoms with E-state index in [0.717, 1.165) is 35.0 Å². The van der Waals surface area contributed by atoms with Gasteiger partial charge in [0, 0.05) is 10.3 Å². The normalized spacial score (nSPS) is 13.4. The first-order valence-electron chi connectivity index (χ1n) is 11.4. The van der Waals surface area contributed by atoms with Crippen molar-refractivity contribution in [1.29, 1.82) is 0 Å². The van der Waals surface area contributed by atoms with Gasteiger partial charge >= 0.3 is 6.01 Å². The van der Waals surface area contributed by atoms with E-state index in [4.69, 9.17) is 26.3 Å². The van der Waals surface area contributed by atoms with Gasteiger partial charge in [-0.05, 0) is 74.9 Å². The highest BCUT2D eigenvalue weighted by Crippen LogP contribution is 2.40. The van der Waals surface area contributed by atoms with Crippen LogP contribution in [-0.4, -0.2) is 14.5 Å². The third-order valence-corrected chi connectivity index (χ3v) is 7.87. The minimum Gasteiger partial charge on any atom is -0.424 e. The van der Waals surface area contributed by atoms with Crippen molar-refractivity contribution in [2.24, 2.45) is 0 Å². The number of nitrogens with zero attached hydrogens (tertiary/aromatic N) is 3. The van der Waals surface area contributed by atoms with Gasteiger partial charge in [-0.3, -0.25) is 4.79 Å². The van der Waals surface area contributed by atoms with Gasteiger partial charge in [-0.1, -0.05) is 35.9 Å². The van der Waals surface area contributed by atoms with Crippen LogP contribution in [0.2, 0.25) is 5.02 Å². The second-order valence-corrected chi connectivity index (χ2v) is 10.2. The minimum atomic E-state index is -0.197. The zero-order chi connectivity index (χ0) is 23.4. The summed E-state index contributed by atoms with van der Waals surface area (Å²) in [6.07, 6.45) is 4.36. The maximum atomic E-state index is 14.0. The van der Waals surface area contributed by atoms with Crippen molar-refractivity contribution < 1.29 is 4.74 Å². The molecule has 0 N–H and O–H groups in total. The van der Waals surface area contributed by atoms with E-state index < -0.39 is 0 Å². The minimum absolute atomic E-state index is 0.193. The average Bonchev–Trinajstić information content (AvgIpc) is 3.20. The predicted molar refractivity (Wildman–Crippen MR) is 138 cm³/mol. The lowest BCUT2D eigenvalue weighted by molar-refractivity contribution is 0.427. The second-order valence-electron chi connectivity index (χ2n) is 8.72. The highest BCUT2D eigenvalue weighted by atomic mass is 35.5. The fraction of sp³-hybridized carbons (Fsp3) is 0.222. The summed E-state index contributed by atoms with van der Waals surface area (Å²) in [5, 5.41) is 1.99. The molecule has 0 radical (unpaired) electrons. The van der Waals surface area contributed by atoms with Gasteiger partial charge in [0.05, 0.1) is 27.3 Å². The van der Waals surface area contributed by atoms with Crippen molar-refractivity contribution in [1.82, 2.24) is 14.5 Å². The summed E-state index contributed by atoms with van der Waals surface area (Å²) in [6.45, 7) is 3.86. The zero-order valence-corrected chi connectivity index (χ0v) is 20.5. The van der Waals surface area contributed by atoms with Gasteiger partial charge in [0.2, 0.25) is 0 Å². The highest BCUT2D eigenvalue weighted by Gasteiger charge is 2.24. The van der Waals surface area contributed by atoms with Crippen LogP contribution in [0.5, 0.6) is 11.8 Å². The molecule has 0 bridgehead atoms. The Labute approximate surface area is 205 Å². The standard InChI is InChI=1S/C27H22ClN3O2S/c1-15-12-13-19(28)20(14-15)33-27-30-24-22(26(32)31(27)17-8-4-3-5-9-17)16(2)29-25-23(24)18-10-6-7-11-21(18)34-25/h3-5,8-9,12-14H,6-7,10-11H2,1-2H3. The van der Waals surface area contributed by atoms with E-state index in [9.17, 15) is 4.79 Å². The summed E-state index contributed by atoms with van der Waals surface area (Å²) in [5.74, 6) is 0.465. The Morgan fingerprint density at radius 1 is 1.00 bits per heavy atom. The predicted octanol–water partition coefficient (Wildman–Crippen LogP) is 6.94. The van der Waals surface area contributed by atoms with Gasteiger partial charge in [0.1, 0.15) is 10.6 Å². The molecule has 170 valence electrons. The number of thiophene rings is 1. The number of hydrogen-bond donors (Lipinski definition) is 0. The SMILES string of the molecule is Cc1ccc(Cl)c(Oc2nc3c(c(C)nc4sc5c(c43)CCCC5)c(=O)n2-c2ccccc2)c1. The third-order valence-electron chi connectivity index (χ3n) is 6.38. The van der Waals surface area contributed by atoms with E-state index >= 15 is 0 Å². The molecule has 0 saturated carbocycles. The molecule has 34 heavy (non-hydrogen) atoms. The van der Waals surface area contributed by atoms with Crippen molar-refractivity contribution in [2.75, 3.05) is 0 Å². The first kappa shape index (κ1) is 21.3. The van der Waals surface area contributed by atoms with E-state index in [1.807, 2.05) is 56.3 Å². The molecule has 7 heteroatoms. The topological polar surface area (TPSA) is 57.0 Å². The number of pyridine rings is 1. The number of ether oxygens (including phenoxy) is 1. The molecular formula is C27H22ClN3O2S. The van der Waals surface area contributed by atoms with E-state index in [1.165, 1.54) is 21.4 Å². The second kappa shape index (κ2) is 8.22. The molecule has 0 saturated heterocycles. The smallest absolute Gasteiger partial charge is 0.310 e. The number of hydrogen-bond acceptors (Lipinski definition) is 5. The van der Waals surface area contributed by atoms with Gasteiger partial charge in [-0.15, -0.1) is 11.3 Å². The number of benzene rings is 2. The van der Waals surface area contributed by atoms with Crippen molar-refractivity contribution in [3.63, 3.8) is 0 Å². The molecule has 5 aromatic rings. The lowest BCUT2D eigenvalue weighted by Gasteiger charge is -2.16. The summed E-state index contributed by atoms with van der Waals surface area (Å²) >= 11 is 8.18. The first-order valence-corrected chi connectivity index (χ1v) is 12.6. The molecular weight excluding hydrogens is 466 g/mol. The number of rotatable bonds is 3. The molecule has 3 heterocycles. The number of halogens is 1. The molecule has 5 nitrogen and oxygen atoms in total. The van der Waals surface area contributed by atoms with Crippen molar-refractivity contribution in [3.05, 3.63) is 85.6 Å². The van der Waals surface area contributed by atoms with Gasteiger partial charge < -0.3 is 4.74 Å². The van der Waals surface area contributed by atoms with Crippen LogP contribution in [0.3, 0.4) is 0 Å². The molecule has 0 fully saturated rings. The van der Waals surface area contributed by atoms with Crippen LogP contribution >= 0.6 is 22.9 Å². The maximum absolute atomic E-state index is 14.0. The van der Waals surface area contributed by atoms with Gasteiger partial charge in [-0.25, -0.2) is 9.55 Å². The van der Waals surface area contributed by atoms with Gasteiger partial charge in [0.15, 0.2) is 0 Å². The average molecular weight is 488 g/mol. The van der Waals surface area contributed by atoms with Crippen LogP contribution in [0.25, 0.3) is 26.8 Å². The van der Waals surface area contributed by atoms with Crippen LogP contribution in [-0.2, 0) is 12.8 Å². The van der Waals surface area contributed by atoms with Crippen molar-refractivity contribution in [2.45, 2.75) is 39.5 Å². The Kier molecular flexibility index (Phi) is 5.15. The zero-order valence-electron chi connectivity index (χ0n) is 18.9. The van der Waals surface area contributed by atoms with E-state index in [0.29, 0.717) is 33.1 Å². The summed E-state index contributed by atoms with van der Waals surface area (Å²) in [7, 11) is 0. The Hall–Kier alpha value is -3.22. The lowest BCUT2D eigenvalue weighted by Crippen LogP contribution is -2.22. The van der Waals surface area contributed by atoms with E-state index in [-0.39, 0.29) is 11.6 Å². The lowest BCUT2D eigenvalue weighted by atomic mass is 9.96. The van der Waals surface area contributed by atoms with E-state index in [2.05, 4.69) is 0 Å². The summed E-state index contributed by atoms with van der Waals surface area (Å²) in [6, 6.07) is 15.2. The monoisotopic (exact) mass is 487 g/mol. The third kappa shape index (κ3) is 3.40. The van der Waals surface area contributed by atoms with Crippen molar-refractivity contribution in [3.8, 4) is 17.4 Å². The summed E-state index contributed by atoms with van der Waals surface area (Å²) in [5.41, 5.74) is 4.11. The molecule has 0 spiro atoms. The van der Waals surface area contributed by atoms with Crippen LogP contribution < -0.4 is 10.3 Å². The molecule has 6 rings (SSSR count). The fourth-order valence-electron chi connectivity index (χ4n) is 4.75. The molecule has 0 atom stereocenters. The number of para-hydroxylation sites is 1. The van der Waals surface area contributed by atoms with Crippen molar-refractivity contribution >= 4 is 44.1 Å². The Morgan fingerprint density at radius 3 is 2.62 bits per heavy atom. The molecule has 0 aliphatic heterocycles. The molecule has 1 aliphatic rings. The Bertz CT molecular complexity index is 1640. The number of aryl methyl sites for hydroxylation is 4. The molecule has 0 amide bonds. The Morgan fingerprint density at radius 2 is 1.79 bits per heavy atom. The number of aromatic nitrogens is 3. The number of fused-ring (bicyclic) bond motifs is 5. The van der Waals surface area contributed by atoms with Crippen LogP contribution in [0.1, 0.15) is 34.5 Å². The summed E-state index contributed by atoms with van der Waals surface area (Å²) < 4.78 is 7.79. The van der Waals surface area contributed by atoms with Gasteiger partial charge in [-0.2, -0.15) is 4.98 Å². The van der Waals surface area contributed by atoms with E-state index in [1.54, 1.807) is 17.4 Å². The maximum Gasteiger partial charge on any atom is 0.310 e. The summed E-state index contributed by atoms with van der Waals surface area (Å²) in [4.78, 5) is 26.2. The molecule has 2 aromatic carbocycles. The van der Waals surface area contributed by atoms with Gasteiger partial charge in [0.25, 0.3) is 5.56 Å². The van der Waals surface area contributed by atoms with Crippen LogP contribution in [0, 0.1) is 13.8 Å². The first-order chi connectivity index (χ1) is 16.5.